The second kappa shape index (κ2) is 2.27. The van der Waals surface area contributed by atoms with E-state index >= 15 is 0 Å². The van der Waals surface area contributed by atoms with Crippen LogP contribution in [0.25, 0.3) is 0 Å². The van der Waals surface area contributed by atoms with Gasteiger partial charge in [0, 0.05) is 18.8 Å². The Kier molecular flexibility index (Phi) is 1.63. The summed E-state index contributed by atoms with van der Waals surface area (Å²) in [5, 5.41) is 7.24. The number of hydrogen-bond donors (Lipinski definition) is 1. The van der Waals surface area contributed by atoms with E-state index in [0.717, 1.165) is 31.8 Å². The second-order valence-corrected chi connectivity index (χ2v) is 2.22. The molecule has 0 bridgehead atoms. The molecule has 0 unspecified atom stereocenters. The highest BCUT2D eigenvalue weighted by molar-refractivity contribution is 5.85. The van der Waals surface area contributed by atoms with Gasteiger partial charge in [-0.3, -0.25) is 4.90 Å². The minimum atomic E-state index is 0.895. The van der Waals surface area contributed by atoms with Gasteiger partial charge in [0.2, 0.25) is 0 Å². The number of rotatable bonds is 1. The molecular weight excluding hydrogens is 100 g/mol. The van der Waals surface area contributed by atoms with Crippen molar-refractivity contribution in [1.82, 2.24) is 4.90 Å². The van der Waals surface area contributed by atoms with Gasteiger partial charge in [0.05, 0.1) is 0 Å². The summed E-state index contributed by atoms with van der Waals surface area (Å²) in [7, 11) is 0. The van der Waals surface area contributed by atoms with Crippen LogP contribution in [0.4, 0.5) is 0 Å². The number of likely N-dealkylation sites (tertiary alicyclic amines) is 1. The summed E-state index contributed by atoms with van der Waals surface area (Å²) in [4.78, 5) is 2.28. The van der Waals surface area contributed by atoms with Crippen LogP contribution in [-0.4, -0.2) is 30.2 Å². The molecule has 1 heterocycles. The quantitative estimate of drug-likeness (QED) is 0.532. The lowest BCUT2D eigenvalue weighted by Crippen LogP contribution is -2.19. The van der Waals surface area contributed by atoms with E-state index in [0.29, 0.717) is 0 Å². The third kappa shape index (κ3) is 1.07. The largest absolute Gasteiger partial charge is 0.308 e. The molecule has 0 atom stereocenters. The molecule has 1 N–H and O–H groups in total. The Hall–Kier alpha value is -0.370. The van der Waals surface area contributed by atoms with E-state index in [-0.39, 0.29) is 0 Å². The summed E-state index contributed by atoms with van der Waals surface area (Å²) in [5.41, 5.74) is 0.895. The lowest BCUT2D eigenvalue weighted by atomic mass is 10.3. The lowest BCUT2D eigenvalue weighted by Gasteiger charge is -2.07. The van der Waals surface area contributed by atoms with Crippen LogP contribution in [0.5, 0.6) is 0 Å². The van der Waals surface area contributed by atoms with E-state index < -0.39 is 0 Å². The summed E-state index contributed by atoms with van der Waals surface area (Å²) in [6.45, 7) is 5.26. The highest BCUT2D eigenvalue weighted by Gasteiger charge is 2.12. The van der Waals surface area contributed by atoms with Crippen LogP contribution in [0.1, 0.15) is 13.3 Å². The summed E-state index contributed by atoms with van der Waals surface area (Å²) in [5.74, 6) is 0. The van der Waals surface area contributed by atoms with Gasteiger partial charge in [0.25, 0.3) is 0 Å². The number of nitrogens with zero attached hydrogens (tertiary/aromatic N) is 1. The Morgan fingerprint density at radius 3 is 2.75 bits per heavy atom. The minimum Gasteiger partial charge on any atom is -0.308 e. The average Bonchev–Trinajstić information content (AvgIpc) is 2.14. The first kappa shape index (κ1) is 5.76. The van der Waals surface area contributed by atoms with E-state index in [1.807, 2.05) is 0 Å². The van der Waals surface area contributed by atoms with Crippen molar-refractivity contribution >= 4 is 5.71 Å². The van der Waals surface area contributed by atoms with Crippen LogP contribution in [0.3, 0.4) is 0 Å². The maximum absolute atomic E-state index is 7.24. The van der Waals surface area contributed by atoms with Gasteiger partial charge in [0.15, 0.2) is 0 Å². The van der Waals surface area contributed by atoms with Gasteiger partial charge in [-0.25, -0.2) is 0 Å². The lowest BCUT2D eigenvalue weighted by molar-refractivity contribution is 0.368. The van der Waals surface area contributed by atoms with Crippen molar-refractivity contribution in [2.24, 2.45) is 0 Å². The molecule has 1 aliphatic rings. The van der Waals surface area contributed by atoms with Gasteiger partial charge >= 0.3 is 0 Å². The van der Waals surface area contributed by atoms with Crippen molar-refractivity contribution in [2.45, 2.75) is 13.3 Å². The highest BCUT2D eigenvalue weighted by atomic mass is 15.1. The van der Waals surface area contributed by atoms with E-state index in [1.165, 1.54) is 0 Å². The molecule has 1 saturated heterocycles. The molecule has 0 saturated carbocycles. The first-order valence-corrected chi connectivity index (χ1v) is 3.11. The molecule has 0 aromatic rings. The van der Waals surface area contributed by atoms with Crippen LogP contribution < -0.4 is 0 Å². The SMILES string of the molecule is CCN1CCC(=N)C1. The van der Waals surface area contributed by atoms with Crippen molar-refractivity contribution in [3.05, 3.63) is 0 Å². The molecule has 2 nitrogen and oxygen atoms in total. The average molecular weight is 112 g/mol. The predicted molar refractivity (Wildman–Crippen MR) is 34.5 cm³/mol. The van der Waals surface area contributed by atoms with Crippen molar-refractivity contribution < 1.29 is 0 Å². The number of nitrogens with one attached hydrogen (secondary N) is 1. The van der Waals surface area contributed by atoms with E-state index in [4.69, 9.17) is 5.41 Å². The predicted octanol–water partition coefficient (Wildman–Crippen LogP) is 0.732. The molecule has 0 aromatic heterocycles. The summed E-state index contributed by atoms with van der Waals surface area (Å²) in [6, 6.07) is 0. The van der Waals surface area contributed by atoms with Crippen molar-refractivity contribution in [2.75, 3.05) is 19.6 Å². The standard InChI is InChI=1S/C6H12N2/c1-2-8-4-3-6(7)5-8/h7H,2-5H2,1H3. The van der Waals surface area contributed by atoms with Crippen LogP contribution in [0, 0.1) is 5.41 Å². The summed E-state index contributed by atoms with van der Waals surface area (Å²) in [6.07, 6.45) is 0.994. The zero-order chi connectivity index (χ0) is 5.98. The van der Waals surface area contributed by atoms with E-state index in [9.17, 15) is 0 Å². The molecule has 46 valence electrons. The zero-order valence-electron chi connectivity index (χ0n) is 5.28. The summed E-state index contributed by atoms with van der Waals surface area (Å²) >= 11 is 0. The molecule has 0 amide bonds. The van der Waals surface area contributed by atoms with Crippen molar-refractivity contribution in [3.63, 3.8) is 0 Å². The van der Waals surface area contributed by atoms with Gasteiger partial charge in [-0.05, 0) is 13.0 Å². The third-order valence-corrected chi connectivity index (χ3v) is 1.59. The van der Waals surface area contributed by atoms with Gasteiger partial charge in [0.1, 0.15) is 0 Å². The Labute approximate surface area is 50.0 Å². The number of hydrogen-bond acceptors (Lipinski definition) is 2. The van der Waals surface area contributed by atoms with Gasteiger partial charge < -0.3 is 5.41 Å². The fourth-order valence-electron chi connectivity index (χ4n) is 0.991. The molecule has 1 aliphatic heterocycles. The second-order valence-electron chi connectivity index (χ2n) is 2.22. The first-order valence-electron chi connectivity index (χ1n) is 3.11. The van der Waals surface area contributed by atoms with Crippen molar-refractivity contribution in [3.8, 4) is 0 Å². The Bertz CT molecular complexity index is 98.7. The normalized spacial score (nSPS) is 22.4. The van der Waals surface area contributed by atoms with Crippen LogP contribution in [0.15, 0.2) is 0 Å². The fraction of sp³-hybridized carbons (Fsp3) is 0.833. The van der Waals surface area contributed by atoms with Gasteiger partial charge in [-0.15, -0.1) is 0 Å². The summed E-state index contributed by atoms with van der Waals surface area (Å²) < 4.78 is 0. The van der Waals surface area contributed by atoms with Crippen LogP contribution in [0.2, 0.25) is 0 Å². The fourth-order valence-corrected chi connectivity index (χ4v) is 0.991. The minimum absolute atomic E-state index is 0.895. The molecular formula is C6H12N2. The molecule has 0 aromatic carbocycles. The maximum atomic E-state index is 7.24. The zero-order valence-corrected chi connectivity index (χ0v) is 5.28. The topological polar surface area (TPSA) is 27.1 Å². The molecule has 0 spiro atoms. The van der Waals surface area contributed by atoms with Gasteiger partial charge in [-0.2, -0.15) is 0 Å². The Balaban J connectivity index is 2.32. The Morgan fingerprint density at radius 1 is 1.75 bits per heavy atom. The highest BCUT2D eigenvalue weighted by Crippen LogP contribution is 2.01. The first-order chi connectivity index (χ1) is 3.83. The van der Waals surface area contributed by atoms with E-state index in [1.54, 1.807) is 0 Å². The molecule has 8 heavy (non-hydrogen) atoms. The van der Waals surface area contributed by atoms with Crippen LogP contribution in [-0.2, 0) is 0 Å². The van der Waals surface area contributed by atoms with Crippen LogP contribution >= 0.6 is 0 Å². The molecule has 1 rings (SSSR count). The molecule has 0 aliphatic carbocycles. The third-order valence-electron chi connectivity index (χ3n) is 1.59. The maximum Gasteiger partial charge on any atom is 0.0361 e. The van der Waals surface area contributed by atoms with Crippen molar-refractivity contribution in [1.29, 1.82) is 5.41 Å². The monoisotopic (exact) mass is 112 g/mol. The molecule has 2 heteroatoms. The molecule has 0 radical (unpaired) electrons. The van der Waals surface area contributed by atoms with E-state index in [2.05, 4.69) is 11.8 Å². The molecule has 1 fully saturated rings. The Morgan fingerprint density at radius 2 is 2.50 bits per heavy atom. The van der Waals surface area contributed by atoms with Gasteiger partial charge in [-0.1, -0.05) is 6.92 Å². The smallest absolute Gasteiger partial charge is 0.0361 e.